The van der Waals surface area contributed by atoms with Gasteiger partial charge in [0.15, 0.2) is 0 Å². The predicted molar refractivity (Wildman–Crippen MR) is 120 cm³/mol. The van der Waals surface area contributed by atoms with Gasteiger partial charge in [0.25, 0.3) is 0 Å². The first-order valence-electron chi connectivity index (χ1n) is 9.88. The van der Waals surface area contributed by atoms with E-state index in [1.807, 2.05) is 60.7 Å². The standard InChI is InChI=1S/C25H16INO3/c26-14-9-11-15(12-10-14)27-23(29)21-20-16-5-1-3-7-18(16)25(13-28,22(21)24(27)30)19-8-4-2-6-17(19)20/h1-13,20-22H/t20?,21-,22-,25?/m0/s1. The molecule has 2 atom stereocenters. The van der Waals surface area contributed by atoms with Crippen molar-refractivity contribution >= 4 is 46.4 Å². The highest BCUT2D eigenvalue weighted by Gasteiger charge is 2.68. The zero-order valence-corrected chi connectivity index (χ0v) is 17.9. The Morgan fingerprint density at radius 1 is 0.800 bits per heavy atom. The van der Waals surface area contributed by atoms with Crippen LogP contribution in [-0.2, 0) is 19.8 Å². The van der Waals surface area contributed by atoms with E-state index in [1.165, 1.54) is 4.90 Å². The predicted octanol–water partition coefficient (Wildman–Crippen LogP) is 4.04. The van der Waals surface area contributed by atoms with Crippen LogP contribution in [0, 0.1) is 15.4 Å². The molecule has 4 nitrogen and oxygen atoms in total. The highest BCUT2D eigenvalue weighted by molar-refractivity contribution is 14.1. The molecule has 3 aromatic rings. The number of amides is 2. The van der Waals surface area contributed by atoms with Gasteiger partial charge in [-0.1, -0.05) is 48.5 Å². The van der Waals surface area contributed by atoms with E-state index in [-0.39, 0.29) is 17.7 Å². The van der Waals surface area contributed by atoms with Gasteiger partial charge in [-0.2, -0.15) is 0 Å². The lowest BCUT2D eigenvalue weighted by Gasteiger charge is -2.51. The Bertz CT molecular complexity index is 1200. The molecule has 0 spiro atoms. The number of imide groups is 1. The average molecular weight is 505 g/mol. The number of carbonyl (C=O) groups excluding carboxylic acids is 3. The number of hydrogen-bond donors (Lipinski definition) is 0. The molecule has 1 heterocycles. The fourth-order valence-corrected chi connectivity index (χ4v) is 6.23. The summed E-state index contributed by atoms with van der Waals surface area (Å²) in [7, 11) is 0. The lowest BCUT2D eigenvalue weighted by Crippen LogP contribution is -2.54. The number of rotatable bonds is 2. The number of benzene rings is 3. The van der Waals surface area contributed by atoms with Gasteiger partial charge in [-0.15, -0.1) is 0 Å². The molecule has 1 aliphatic heterocycles. The summed E-state index contributed by atoms with van der Waals surface area (Å²) in [5.74, 6) is -2.03. The van der Waals surface area contributed by atoms with Crippen molar-refractivity contribution in [3.63, 3.8) is 0 Å². The van der Waals surface area contributed by atoms with Crippen LogP contribution in [0.3, 0.4) is 0 Å². The molecule has 0 N–H and O–H groups in total. The van der Waals surface area contributed by atoms with Crippen LogP contribution < -0.4 is 4.90 Å². The molecular formula is C25H16INO3. The summed E-state index contributed by atoms with van der Waals surface area (Å²) in [4.78, 5) is 41.6. The fourth-order valence-electron chi connectivity index (χ4n) is 5.88. The summed E-state index contributed by atoms with van der Waals surface area (Å²) in [5, 5.41) is 0. The molecule has 2 bridgehead atoms. The van der Waals surface area contributed by atoms with Gasteiger partial charge in [-0.25, -0.2) is 4.90 Å². The normalized spacial score (nSPS) is 28.2. The largest absolute Gasteiger partial charge is 0.302 e. The first-order valence-corrected chi connectivity index (χ1v) is 11.0. The van der Waals surface area contributed by atoms with Crippen LogP contribution >= 0.6 is 22.6 Å². The molecule has 7 rings (SSSR count). The number of nitrogens with zero attached hydrogens (tertiary/aromatic N) is 1. The Kier molecular flexibility index (Phi) is 3.67. The van der Waals surface area contributed by atoms with Gasteiger partial charge in [0, 0.05) is 9.49 Å². The van der Waals surface area contributed by atoms with Gasteiger partial charge in [0.2, 0.25) is 11.8 Å². The van der Waals surface area contributed by atoms with Crippen molar-refractivity contribution in [3.05, 3.63) is 98.6 Å². The van der Waals surface area contributed by atoms with Crippen LogP contribution in [0.15, 0.2) is 72.8 Å². The molecule has 30 heavy (non-hydrogen) atoms. The number of anilines is 1. The number of halogens is 1. The maximum absolute atomic E-state index is 13.8. The van der Waals surface area contributed by atoms with E-state index in [2.05, 4.69) is 22.6 Å². The minimum Gasteiger partial charge on any atom is -0.302 e. The Hall–Kier alpha value is -2.80. The molecular weight excluding hydrogens is 489 g/mol. The monoisotopic (exact) mass is 505 g/mol. The molecule has 3 aliphatic carbocycles. The molecule has 1 saturated heterocycles. The molecule has 146 valence electrons. The summed E-state index contributed by atoms with van der Waals surface area (Å²) in [6.07, 6.45) is 0.903. The molecule has 0 unspecified atom stereocenters. The second-order valence-corrected chi connectivity index (χ2v) is 9.38. The van der Waals surface area contributed by atoms with Crippen molar-refractivity contribution < 1.29 is 14.4 Å². The van der Waals surface area contributed by atoms with Crippen molar-refractivity contribution in [1.29, 1.82) is 0 Å². The van der Waals surface area contributed by atoms with Crippen LogP contribution in [0.4, 0.5) is 5.69 Å². The highest BCUT2D eigenvalue weighted by atomic mass is 127. The van der Waals surface area contributed by atoms with E-state index < -0.39 is 17.3 Å². The first kappa shape index (κ1) is 18.0. The third-order valence-electron chi connectivity index (χ3n) is 6.95. The summed E-state index contributed by atoms with van der Waals surface area (Å²) < 4.78 is 1.03. The maximum Gasteiger partial charge on any atom is 0.239 e. The summed E-state index contributed by atoms with van der Waals surface area (Å²) in [6, 6.07) is 22.9. The number of hydrogen-bond acceptors (Lipinski definition) is 3. The zero-order chi connectivity index (χ0) is 20.6. The summed E-state index contributed by atoms with van der Waals surface area (Å²) in [5.41, 5.74) is 3.10. The smallest absolute Gasteiger partial charge is 0.239 e. The van der Waals surface area contributed by atoms with Gasteiger partial charge in [-0.05, 0) is 69.1 Å². The first-order chi connectivity index (χ1) is 14.6. The average Bonchev–Trinajstić information content (AvgIpc) is 3.05. The Labute approximate surface area is 187 Å². The van der Waals surface area contributed by atoms with Crippen LogP contribution in [0.25, 0.3) is 0 Å². The molecule has 0 saturated carbocycles. The maximum atomic E-state index is 13.8. The molecule has 5 heteroatoms. The molecule has 0 radical (unpaired) electrons. The molecule has 1 fully saturated rings. The van der Waals surface area contributed by atoms with Gasteiger partial charge in [0.05, 0.1) is 22.9 Å². The van der Waals surface area contributed by atoms with Gasteiger partial charge < -0.3 is 4.79 Å². The van der Waals surface area contributed by atoms with Crippen molar-refractivity contribution in [2.24, 2.45) is 11.8 Å². The van der Waals surface area contributed by atoms with Crippen molar-refractivity contribution in [1.82, 2.24) is 0 Å². The lowest BCUT2D eigenvalue weighted by molar-refractivity contribution is -0.128. The molecule has 0 aromatic heterocycles. The zero-order valence-electron chi connectivity index (χ0n) is 15.8. The summed E-state index contributed by atoms with van der Waals surface area (Å²) >= 11 is 2.19. The van der Waals surface area contributed by atoms with Gasteiger partial charge in [-0.3, -0.25) is 9.59 Å². The van der Waals surface area contributed by atoms with Crippen LogP contribution in [0.2, 0.25) is 0 Å². The summed E-state index contributed by atoms with van der Waals surface area (Å²) in [6.45, 7) is 0. The number of carbonyl (C=O) groups is 3. The van der Waals surface area contributed by atoms with E-state index >= 15 is 0 Å². The van der Waals surface area contributed by atoms with Crippen molar-refractivity contribution in [3.8, 4) is 0 Å². The van der Waals surface area contributed by atoms with Crippen molar-refractivity contribution in [2.75, 3.05) is 4.90 Å². The van der Waals surface area contributed by atoms with Crippen LogP contribution in [0.1, 0.15) is 28.2 Å². The lowest BCUT2D eigenvalue weighted by atomic mass is 9.48. The molecule has 2 amide bonds. The Morgan fingerprint density at radius 2 is 1.37 bits per heavy atom. The van der Waals surface area contributed by atoms with Crippen LogP contribution in [-0.4, -0.2) is 18.1 Å². The Balaban J connectivity index is 1.64. The van der Waals surface area contributed by atoms with E-state index in [0.717, 1.165) is 32.1 Å². The SMILES string of the molecule is O=CC12c3ccccc3C(c3ccccc31)[C@@H]1C(=O)N(c3ccc(I)cc3)C(=O)[C@H]12. The minimum absolute atomic E-state index is 0.216. The van der Waals surface area contributed by atoms with Gasteiger partial charge >= 0.3 is 0 Å². The molecule has 4 aliphatic rings. The minimum atomic E-state index is -1.14. The Morgan fingerprint density at radius 3 is 1.93 bits per heavy atom. The van der Waals surface area contributed by atoms with E-state index in [0.29, 0.717) is 5.69 Å². The van der Waals surface area contributed by atoms with Gasteiger partial charge in [0.1, 0.15) is 6.29 Å². The third-order valence-corrected chi connectivity index (χ3v) is 7.67. The number of aldehydes is 1. The second-order valence-electron chi connectivity index (χ2n) is 8.13. The van der Waals surface area contributed by atoms with Crippen molar-refractivity contribution in [2.45, 2.75) is 11.3 Å². The molecule has 3 aromatic carbocycles. The fraction of sp³-hybridized carbons (Fsp3) is 0.160. The van der Waals surface area contributed by atoms with E-state index in [9.17, 15) is 14.4 Å². The highest BCUT2D eigenvalue weighted by Crippen LogP contribution is 2.63. The van der Waals surface area contributed by atoms with E-state index in [4.69, 9.17) is 0 Å². The quantitative estimate of drug-likeness (QED) is 0.300. The third kappa shape index (κ3) is 1.99. The topological polar surface area (TPSA) is 54.5 Å². The van der Waals surface area contributed by atoms with E-state index in [1.54, 1.807) is 12.1 Å². The second kappa shape index (κ2) is 6.11. The van der Waals surface area contributed by atoms with Crippen LogP contribution in [0.5, 0.6) is 0 Å².